The summed E-state index contributed by atoms with van der Waals surface area (Å²) in [5, 5.41) is 0. The maximum atomic E-state index is 15.8. The van der Waals surface area contributed by atoms with Gasteiger partial charge in [-0.2, -0.15) is 0 Å². The van der Waals surface area contributed by atoms with Crippen molar-refractivity contribution in [1.82, 2.24) is 9.13 Å². The molecule has 4 nitrogen and oxygen atoms in total. The van der Waals surface area contributed by atoms with Gasteiger partial charge in [0.25, 0.3) is 0 Å². The van der Waals surface area contributed by atoms with E-state index in [-0.39, 0.29) is 16.9 Å². The summed E-state index contributed by atoms with van der Waals surface area (Å²) in [6, 6.07) is 15.9. The van der Waals surface area contributed by atoms with Crippen LogP contribution in [0.2, 0.25) is 0 Å². The molecule has 0 aromatic carbocycles. The molecule has 0 N–H and O–H groups in total. The monoisotopic (exact) mass is 1510 g/mol. The van der Waals surface area contributed by atoms with Gasteiger partial charge in [0.05, 0.1) is 0 Å². The first-order chi connectivity index (χ1) is 44.1. The molecule has 0 aliphatic heterocycles. The van der Waals surface area contributed by atoms with Crippen molar-refractivity contribution in [1.29, 1.82) is 0 Å². The van der Waals surface area contributed by atoms with Crippen molar-refractivity contribution in [2.75, 3.05) is 0 Å². The van der Waals surface area contributed by atoms with Gasteiger partial charge in [-0.05, 0) is 0 Å². The van der Waals surface area contributed by atoms with E-state index in [0.717, 1.165) is 71.0 Å². The predicted molar refractivity (Wildman–Crippen MR) is 395 cm³/mol. The Morgan fingerprint density at radius 3 is 1.02 bits per heavy atom. The van der Waals surface area contributed by atoms with Gasteiger partial charge in [-0.25, -0.2) is 0 Å². The molecule has 0 bridgehead atoms. The van der Waals surface area contributed by atoms with E-state index < -0.39 is 46.7 Å². The van der Waals surface area contributed by atoms with Gasteiger partial charge in [-0.1, -0.05) is 207 Å². The molecule has 6 aromatic rings. The second-order valence-electron chi connectivity index (χ2n) is 27.4. The summed E-state index contributed by atoms with van der Waals surface area (Å²) < 4.78 is 39.7. The van der Waals surface area contributed by atoms with Gasteiger partial charge in [0.15, 0.2) is 0 Å². The van der Waals surface area contributed by atoms with Crippen LogP contribution in [0.15, 0.2) is 58.1 Å². The zero-order valence-electron chi connectivity index (χ0n) is 57.8. The Morgan fingerprint density at radius 1 is 0.367 bits per heavy atom. The summed E-state index contributed by atoms with van der Waals surface area (Å²) in [6.07, 6.45) is 60.8. The van der Waals surface area contributed by atoms with Crippen LogP contribution in [0.5, 0.6) is 0 Å². The summed E-state index contributed by atoms with van der Waals surface area (Å²) in [4.78, 5) is 33.2. The molecular formula is C80H124F2N2O2S2Te2. The number of hydrogen-bond acceptors (Lipinski definition) is 4. The van der Waals surface area contributed by atoms with Crippen molar-refractivity contribution >= 4 is 74.6 Å². The average molecular weight is 1500 g/mol. The Balaban J connectivity index is 1.26. The fourth-order valence-electron chi connectivity index (χ4n) is 14.0. The zero-order valence-corrected chi connectivity index (χ0v) is 64.1. The molecule has 6 aromatic heterocycles. The number of halogens is 2. The third kappa shape index (κ3) is 27.6. The van der Waals surface area contributed by atoms with E-state index in [2.05, 4.69) is 80.2 Å². The molecule has 504 valence electrons. The van der Waals surface area contributed by atoms with E-state index in [1.807, 2.05) is 6.92 Å². The number of aromatic nitrogens is 2. The Morgan fingerprint density at radius 2 is 0.678 bits per heavy atom. The van der Waals surface area contributed by atoms with E-state index in [1.54, 1.807) is 6.07 Å². The maximum absolute atomic E-state index is 15.8. The summed E-state index contributed by atoms with van der Waals surface area (Å²) in [6.45, 7) is 14.5. The van der Waals surface area contributed by atoms with E-state index in [1.165, 1.54) is 306 Å². The van der Waals surface area contributed by atoms with Gasteiger partial charge in [-0.15, -0.1) is 0 Å². The molecule has 0 saturated carbocycles. The first-order valence-corrected chi connectivity index (χ1v) is 43.9. The molecule has 2 unspecified atom stereocenters. The van der Waals surface area contributed by atoms with Crippen LogP contribution >= 0.6 is 22.7 Å². The molecule has 0 fully saturated rings. The molecule has 10 heteroatoms. The van der Waals surface area contributed by atoms with Gasteiger partial charge >= 0.3 is 373 Å². The molecule has 90 heavy (non-hydrogen) atoms. The average Bonchev–Trinajstić information content (AvgIpc) is 1.28. The molecule has 0 radical (unpaired) electrons. The van der Waals surface area contributed by atoms with Crippen molar-refractivity contribution in [3.63, 3.8) is 0 Å². The number of aryl methyl sites for hydroxylation is 4. The van der Waals surface area contributed by atoms with E-state index in [4.69, 9.17) is 0 Å². The van der Waals surface area contributed by atoms with Crippen LogP contribution in [0.25, 0.3) is 47.5 Å². The molecule has 0 aliphatic carbocycles. The van der Waals surface area contributed by atoms with E-state index >= 15 is 18.4 Å². The summed E-state index contributed by atoms with van der Waals surface area (Å²) >= 11 is 0.806. The van der Waals surface area contributed by atoms with Crippen LogP contribution in [0.3, 0.4) is 0 Å². The summed E-state index contributed by atoms with van der Waals surface area (Å²) in [5.74, 6) is 0.691. The molecule has 0 saturated heterocycles. The van der Waals surface area contributed by atoms with Crippen LogP contribution in [0.1, 0.15) is 332 Å². The minimum absolute atomic E-state index is 0.0293. The SMILES string of the molecule is CCCCCCCCCCCCC(CCCCCCCCCC)CCCCn1c(=O)c(-c2ccc(C)[te]2)cc2c1cc(-c1ccc(-c3cc(F)c(-c4sc(C)cc4F)s3)[te]1)c(=O)n2CCCCC(CCCCCCCCCC)CCCCCCCCCCCC. The van der Waals surface area contributed by atoms with Gasteiger partial charge < -0.3 is 0 Å². The molecule has 0 spiro atoms. The zero-order chi connectivity index (χ0) is 64.0. The normalized spacial score (nSPS) is 12.6. The van der Waals surface area contributed by atoms with E-state index in [9.17, 15) is 0 Å². The second-order valence-corrected chi connectivity index (χ2v) is 36.5. The fraction of sp³-hybridized carbons (Fsp3) is 0.700. The van der Waals surface area contributed by atoms with Crippen molar-refractivity contribution < 1.29 is 8.78 Å². The number of fused-ring (bicyclic) bond motifs is 1. The summed E-state index contributed by atoms with van der Waals surface area (Å²) in [7, 11) is 0. The number of hydrogen-bond donors (Lipinski definition) is 0. The Bertz CT molecular complexity index is 2980. The molecule has 0 aliphatic rings. The van der Waals surface area contributed by atoms with Crippen LogP contribution in [-0.4, -0.2) is 50.0 Å². The van der Waals surface area contributed by atoms with Crippen LogP contribution in [0, 0.1) is 37.3 Å². The van der Waals surface area contributed by atoms with Crippen molar-refractivity contribution in [3.8, 4) is 36.5 Å². The smallest absolute Gasteiger partial charge is 0.0654 e. The van der Waals surface area contributed by atoms with Gasteiger partial charge in [0, 0.05) is 0 Å². The Kier molecular flexibility index (Phi) is 39.5. The number of thiophene rings is 2. The van der Waals surface area contributed by atoms with Crippen molar-refractivity contribution in [2.24, 2.45) is 11.8 Å². The number of nitrogens with zero attached hydrogens (tertiary/aromatic N) is 2. The first kappa shape index (κ1) is 77.0. The third-order valence-electron chi connectivity index (χ3n) is 19.5. The minimum atomic E-state index is -1.13. The summed E-state index contributed by atoms with van der Waals surface area (Å²) in [5.41, 5.74) is 3.38. The second kappa shape index (κ2) is 46.2. The van der Waals surface area contributed by atoms with Gasteiger partial charge in [-0.3, -0.25) is 0 Å². The first-order valence-electron chi connectivity index (χ1n) is 37.6. The number of unbranched alkanes of at least 4 members (excludes halogenated alkanes) is 34. The standard InChI is InChI=1S/C80H124F2N2O2S2Te2/c1-7-11-15-19-23-27-29-33-37-41-49-65(47-39-35-31-25-21-17-13-9-3)51-43-45-57-83-72-61-68(75-55-56-76(90-75)73-62-70(82)78(88-73)77-69(81)59-63(5)87-77)80(86)84(71(72)60-67(79(83)85)74-54-53-64(6)89-74)58-46-44-52-66(48-40-36-32-26-22-18-14-10-4)50-42-38-34-30-28-24-20-16-12-8-2/h53-56,59-62,65-66H,7-52,57-58H2,1-6H3. The molecule has 2 atom stereocenters. The van der Waals surface area contributed by atoms with Crippen molar-refractivity contribution in [2.45, 2.75) is 350 Å². The van der Waals surface area contributed by atoms with Crippen LogP contribution in [-0.2, 0) is 13.1 Å². The Hall–Kier alpha value is -2.04. The number of rotatable bonds is 54. The minimum Gasteiger partial charge on any atom is -0.0654 e. The van der Waals surface area contributed by atoms with Gasteiger partial charge in [0.2, 0.25) is 0 Å². The molecule has 6 heterocycles. The quantitative estimate of drug-likeness (QED) is 0.0282. The van der Waals surface area contributed by atoms with Crippen LogP contribution in [0.4, 0.5) is 8.78 Å². The predicted octanol–water partition coefficient (Wildman–Crippen LogP) is 26.2. The Labute approximate surface area is 575 Å². The molecule has 0 amide bonds. The van der Waals surface area contributed by atoms with Crippen molar-refractivity contribution in [3.05, 3.63) is 89.3 Å². The molecule has 6 rings (SSSR count). The number of pyridine rings is 2. The molecular weight excluding hydrogens is 1380 g/mol. The van der Waals surface area contributed by atoms with Crippen LogP contribution < -0.4 is 11.1 Å². The van der Waals surface area contributed by atoms with Gasteiger partial charge in [0.1, 0.15) is 0 Å². The van der Waals surface area contributed by atoms with E-state index in [0.29, 0.717) is 28.4 Å². The fourth-order valence-corrected chi connectivity index (χ4v) is 21.8. The third-order valence-corrected chi connectivity index (χ3v) is 28.5. The topological polar surface area (TPSA) is 44.0 Å².